The minimum Gasteiger partial charge on any atom is -0.335 e. The van der Waals surface area contributed by atoms with Gasteiger partial charge in [0.15, 0.2) is 9.84 Å². The van der Waals surface area contributed by atoms with Gasteiger partial charge in [-0.05, 0) is 45.2 Å². The van der Waals surface area contributed by atoms with E-state index >= 15 is 0 Å². The fourth-order valence-corrected chi connectivity index (χ4v) is 6.16. The summed E-state index contributed by atoms with van der Waals surface area (Å²) in [7, 11) is -2.95. The number of piperidine rings is 1. The van der Waals surface area contributed by atoms with E-state index in [1.165, 1.54) is 25.7 Å². The minimum atomic E-state index is -2.95. The molecule has 3 aliphatic rings. The van der Waals surface area contributed by atoms with Gasteiger partial charge in [-0.3, -0.25) is 9.69 Å². The Morgan fingerprint density at radius 1 is 0.913 bits per heavy atom. The van der Waals surface area contributed by atoms with Crippen molar-refractivity contribution in [2.24, 2.45) is 0 Å². The first-order valence-corrected chi connectivity index (χ1v) is 11.1. The Morgan fingerprint density at radius 3 is 2.17 bits per heavy atom. The van der Waals surface area contributed by atoms with Crippen LogP contribution in [0.1, 0.15) is 57.8 Å². The third-order valence-corrected chi connectivity index (χ3v) is 7.42. The van der Waals surface area contributed by atoms with Crippen LogP contribution in [-0.2, 0) is 14.6 Å². The summed E-state index contributed by atoms with van der Waals surface area (Å²) in [4.78, 5) is 17.3. The fraction of sp³-hybridized carbons (Fsp3) is 0.941. The number of carbonyl (C=O) groups is 1. The van der Waals surface area contributed by atoms with Crippen LogP contribution in [0.15, 0.2) is 0 Å². The summed E-state index contributed by atoms with van der Waals surface area (Å²) in [5.41, 5.74) is 0. The summed E-state index contributed by atoms with van der Waals surface area (Å²) in [5, 5.41) is 0. The van der Waals surface area contributed by atoms with Gasteiger partial charge in [0, 0.05) is 12.1 Å². The third-order valence-electron chi connectivity index (χ3n) is 5.67. The Labute approximate surface area is 140 Å². The van der Waals surface area contributed by atoms with Crippen molar-refractivity contribution in [2.45, 2.75) is 69.9 Å². The van der Waals surface area contributed by atoms with Gasteiger partial charge in [-0.15, -0.1) is 0 Å². The Kier molecular flexibility index (Phi) is 5.62. The van der Waals surface area contributed by atoms with Gasteiger partial charge in [0.1, 0.15) is 0 Å². The minimum absolute atomic E-state index is 0.0830. The van der Waals surface area contributed by atoms with Crippen LogP contribution in [0.3, 0.4) is 0 Å². The van der Waals surface area contributed by atoms with Crippen LogP contribution >= 0.6 is 0 Å². The summed E-state index contributed by atoms with van der Waals surface area (Å²) in [6.07, 6.45) is 9.90. The highest BCUT2D eigenvalue weighted by atomic mass is 32.2. The molecule has 1 unspecified atom stereocenters. The average molecular weight is 343 g/mol. The lowest BCUT2D eigenvalue weighted by Crippen LogP contribution is -2.52. The number of nitrogens with zero attached hydrogens (tertiary/aromatic N) is 2. The molecule has 1 aliphatic carbocycles. The van der Waals surface area contributed by atoms with E-state index in [9.17, 15) is 13.2 Å². The normalized spacial score (nSPS) is 29.5. The van der Waals surface area contributed by atoms with Crippen molar-refractivity contribution < 1.29 is 13.2 Å². The second-order valence-electron chi connectivity index (χ2n) is 7.49. The molecule has 5 nitrogen and oxygen atoms in total. The summed E-state index contributed by atoms with van der Waals surface area (Å²) < 4.78 is 23.8. The molecule has 0 aromatic carbocycles. The Morgan fingerprint density at radius 2 is 1.57 bits per heavy atom. The van der Waals surface area contributed by atoms with E-state index in [0.29, 0.717) is 13.0 Å². The smallest absolute Gasteiger partial charge is 0.237 e. The third kappa shape index (κ3) is 4.47. The van der Waals surface area contributed by atoms with Gasteiger partial charge in [-0.2, -0.15) is 0 Å². The molecule has 0 N–H and O–H groups in total. The molecule has 0 radical (unpaired) electrons. The van der Waals surface area contributed by atoms with Gasteiger partial charge in [-0.1, -0.05) is 25.7 Å². The first-order chi connectivity index (χ1) is 11.1. The van der Waals surface area contributed by atoms with Crippen LogP contribution in [0.5, 0.6) is 0 Å². The molecule has 2 saturated heterocycles. The average Bonchev–Trinajstić information content (AvgIpc) is 2.89. The summed E-state index contributed by atoms with van der Waals surface area (Å²) in [6.45, 7) is 2.49. The van der Waals surface area contributed by atoms with Gasteiger partial charge in [0.25, 0.3) is 0 Å². The Hall–Kier alpha value is -0.620. The summed E-state index contributed by atoms with van der Waals surface area (Å²) >= 11 is 0. The maximum absolute atomic E-state index is 13.0. The predicted octanol–water partition coefficient (Wildman–Crippen LogP) is 1.82. The lowest BCUT2D eigenvalue weighted by atomic mass is 9.92. The van der Waals surface area contributed by atoms with Gasteiger partial charge < -0.3 is 4.90 Å². The quantitative estimate of drug-likeness (QED) is 0.782. The van der Waals surface area contributed by atoms with Crippen molar-refractivity contribution in [3.63, 3.8) is 0 Å². The lowest BCUT2D eigenvalue weighted by molar-refractivity contribution is -0.138. The molecule has 1 saturated carbocycles. The van der Waals surface area contributed by atoms with E-state index in [4.69, 9.17) is 0 Å². The zero-order valence-electron chi connectivity index (χ0n) is 14.1. The summed E-state index contributed by atoms with van der Waals surface area (Å²) in [5.74, 6) is 0.591. The number of sulfone groups is 1. The number of hydrogen-bond donors (Lipinski definition) is 0. The highest BCUT2D eigenvalue weighted by molar-refractivity contribution is 7.91. The second-order valence-corrected chi connectivity index (χ2v) is 9.72. The van der Waals surface area contributed by atoms with Crippen molar-refractivity contribution in [3.05, 3.63) is 0 Å². The van der Waals surface area contributed by atoms with E-state index < -0.39 is 9.84 Å². The summed E-state index contributed by atoms with van der Waals surface area (Å²) in [6, 6.07) is 0.180. The number of rotatable bonds is 4. The first kappa shape index (κ1) is 17.2. The van der Waals surface area contributed by atoms with Crippen LogP contribution in [0.2, 0.25) is 0 Å². The molecule has 0 aromatic heterocycles. The van der Waals surface area contributed by atoms with Crippen molar-refractivity contribution in [2.75, 3.05) is 31.1 Å². The number of hydrogen-bond acceptors (Lipinski definition) is 4. The van der Waals surface area contributed by atoms with E-state index in [-0.39, 0.29) is 29.5 Å². The Bertz CT molecular complexity index is 508. The standard InChI is InChI=1S/C17H30N2O3S/c20-17(13-18-10-5-2-6-11-18)19(15-7-3-1-4-8-15)16-9-12-23(21,22)14-16/h15-16H,1-14H2. The molecule has 1 amide bonds. The van der Waals surface area contributed by atoms with Crippen LogP contribution in [0.25, 0.3) is 0 Å². The van der Waals surface area contributed by atoms with E-state index in [0.717, 1.165) is 38.8 Å². The predicted molar refractivity (Wildman–Crippen MR) is 91.1 cm³/mol. The number of likely N-dealkylation sites (tertiary alicyclic amines) is 1. The molecule has 0 aromatic rings. The van der Waals surface area contributed by atoms with Crippen LogP contribution in [0, 0.1) is 0 Å². The molecule has 23 heavy (non-hydrogen) atoms. The first-order valence-electron chi connectivity index (χ1n) is 9.29. The molecule has 132 valence electrons. The highest BCUT2D eigenvalue weighted by Gasteiger charge is 2.38. The maximum atomic E-state index is 13.0. The Balaban J connectivity index is 1.69. The fourth-order valence-electron chi connectivity index (χ4n) is 4.45. The monoisotopic (exact) mass is 342 g/mol. The van der Waals surface area contributed by atoms with Gasteiger partial charge in [0.05, 0.1) is 18.1 Å². The van der Waals surface area contributed by atoms with Crippen molar-refractivity contribution in [3.8, 4) is 0 Å². The largest absolute Gasteiger partial charge is 0.335 e. The zero-order valence-corrected chi connectivity index (χ0v) is 14.9. The van der Waals surface area contributed by atoms with Crippen LogP contribution in [0.4, 0.5) is 0 Å². The lowest BCUT2D eigenvalue weighted by Gasteiger charge is -2.39. The van der Waals surface area contributed by atoms with Gasteiger partial charge in [0.2, 0.25) is 5.91 Å². The highest BCUT2D eigenvalue weighted by Crippen LogP contribution is 2.28. The van der Waals surface area contributed by atoms with Crippen molar-refractivity contribution in [1.29, 1.82) is 0 Å². The van der Waals surface area contributed by atoms with Gasteiger partial charge >= 0.3 is 0 Å². The molecule has 2 aliphatic heterocycles. The van der Waals surface area contributed by atoms with Crippen LogP contribution in [-0.4, -0.2) is 67.3 Å². The molecule has 6 heteroatoms. The molecule has 0 bridgehead atoms. The van der Waals surface area contributed by atoms with E-state index in [1.807, 2.05) is 4.90 Å². The maximum Gasteiger partial charge on any atom is 0.237 e. The topological polar surface area (TPSA) is 57.7 Å². The van der Waals surface area contributed by atoms with E-state index in [2.05, 4.69) is 4.90 Å². The molecule has 1 atom stereocenters. The van der Waals surface area contributed by atoms with Crippen molar-refractivity contribution >= 4 is 15.7 Å². The van der Waals surface area contributed by atoms with E-state index in [1.54, 1.807) is 0 Å². The van der Waals surface area contributed by atoms with Crippen LogP contribution < -0.4 is 0 Å². The number of amides is 1. The van der Waals surface area contributed by atoms with Gasteiger partial charge in [-0.25, -0.2) is 8.42 Å². The molecule has 3 fully saturated rings. The molecule has 2 heterocycles. The molecular formula is C17H30N2O3S. The molecule has 0 spiro atoms. The molecule has 3 rings (SSSR count). The second kappa shape index (κ2) is 7.51. The van der Waals surface area contributed by atoms with Crippen molar-refractivity contribution in [1.82, 2.24) is 9.80 Å². The SMILES string of the molecule is O=C(CN1CCCCC1)N(C1CCCCC1)C1CCS(=O)(=O)C1. The number of carbonyl (C=O) groups excluding carboxylic acids is 1. The zero-order chi connectivity index (χ0) is 16.3. The molecular weight excluding hydrogens is 312 g/mol.